The van der Waals surface area contributed by atoms with Gasteiger partial charge in [-0.25, -0.2) is 4.99 Å². The average Bonchev–Trinajstić information content (AvgIpc) is 2.61. The summed E-state index contributed by atoms with van der Waals surface area (Å²) < 4.78 is 0. The molecule has 2 aliphatic heterocycles. The molecule has 2 aromatic carbocycles. The van der Waals surface area contributed by atoms with Crippen LogP contribution in [-0.4, -0.2) is 17.4 Å². The van der Waals surface area contributed by atoms with Crippen molar-refractivity contribution >= 4 is 46.6 Å². The molecule has 1 unspecified atom stereocenters. The van der Waals surface area contributed by atoms with Gasteiger partial charge in [-0.3, -0.25) is 4.79 Å². The molecular formula is C19H14Cl2N2OS. The smallest absolute Gasteiger partial charge is 0.235 e. The van der Waals surface area contributed by atoms with E-state index >= 15 is 0 Å². The van der Waals surface area contributed by atoms with Crippen molar-refractivity contribution in [2.45, 2.75) is 12.3 Å². The van der Waals surface area contributed by atoms with Crippen LogP contribution in [0.1, 0.15) is 23.5 Å². The molecule has 2 aromatic rings. The van der Waals surface area contributed by atoms with E-state index in [1.54, 1.807) is 0 Å². The monoisotopic (exact) mass is 388 g/mol. The third-order valence-electron chi connectivity index (χ3n) is 4.28. The van der Waals surface area contributed by atoms with E-state index < -0.39 is 0 Å². The third-order valence-corrected chi connectivity index (χ3v) is 6.15. The van der Waals surface area contributed by atoms with Crippen LogP contribution in [0.3, 0.4) is 0 Å². The average molecular weight is 389 g/mol. The van der Waals surface area contributed by atoms with Crippen LogP contribution in [0.5, 0.6) is 0 Å². The topological polar surface area (TPSA) is 41.5 Å². The highest BCUT2D eigenvalue weighted by Gasteiger charge is 2.33. The van der Waals surface area contributed by atoms with Crippen LogP contribution >= 0.6 is 35.0 Å². The summed E-state index contributed by atoms with van der Waals surface area (Å²) in [6.45, 7) is 0. The van der Waals surface area contributed by atoms with E-state index in [2.05, 4.69) is 5.32 Å². The zero-order valence-corrected chi connectivity index (χ0v) is 15.5. The Morgan fingerprint density at radius 1 is 1.04 bits per heavy atom. The van der Waals surface area contributed by atoms with Crippen LogP contribution in [0.25, 0.3) is 0 Å². The largest absolute Gasteiger partial charge is 0.309 e. The van der Waals surface area contributed by atoms with Gasteiger partial charge >= 0.3 is 0 Å². The molecule has 0 fully saturated rings. The standard InChI is InChI=1S/C19H14Cl2N2OS/c20-14-7-3-1-5-11(14)13-9-16(12-6-2-4-8-15(12)21)22-19-18(13)25-10-17(24)23-19/h1-8,13H,9-10H2,(H,23,24). The summed E-state index contributed by atoms with van der Waals surface area (Å²) in [6.07, 6.45) is 0.690. The molecule has 25 heavy (non-hydrogen) atoms. The van der Waals surface area contributed by atoms with Gasteiger partial charge in [-0.05, 0) is 17.7 Å². The Balaban J connectivity index is 1.84. The summed E-state index contributed by atoms with van der Waals surface area (Å²) in [6, 6.07) is 15.5. The fourth-order valence-electron chi connectivity index (χ4n) is 3.13. The minimum absolute atomic E-state index is 0.0363. The van der Waals surface area contributed by atoms with Gasteiger partial charge in [-0.15, -0.1) is 11.8 Å². The molecule has 0 saturated heterocycles. The Morgan fingerprint density at radius 3 is 2.52 bits per heavy atom. The molecule has 0 aliphatic carbocycles. The number of nitrogens with one attached hydrogen (secondary N) is 1. The van der Waals surface area contributed by atoms with Gasteiger partial charge in [-0.2, -0.15) is 0 Å². The van der Waals surface area contributed by atoms with Crippen LogP contribution in [0.4, 0.5) is 0 Å². The zero-order valence-electron chi connectivity index (χ0n) is 13.1. The van der Waals surface area contributed by atoms with Crippen molar-refractivity contribution in [2.75, 3.05) is 5.75 Å². The maximum atomic E-state index is 11.9. The number of amides is 1. The Hall–Kier alpha value is -1.75. The molecule has 0 spiro atoms. The molecule has 6 heteroatoms. The van der Waals surface area contributed by atoms with Crippen LogP contribution in [-0.2, 0) is 4.79 Å². The Kier molecular flexibility index (Phi) is 4.59. The highest BCUT2D eigenvalue weighted by atomic mass is 35.5. The lowest BCUT2D eigenvalue weighted by atomic mass is 9.88. The van der Waals surface area contributed by atoms with E-state index in [4.69, 9.17) is 28.2 Å². The lowest BCUT2D eigenvalue weighted by molar-refractivity contribution is -0.118. The van der Waals surface area contributed by atoms with Crippen molar-refractivity contribution in [1.29, 1.82) is 0 Å². The summed E-state index contributed by atoms with van der Waals surface area (Å²) >= 11 is 14.4. The molecule has 1 amide bonds. The number of nitrogens with zero attached hydrogens (tertiary/aromatic N) is 1. The van der Waals surface area contributed by atoms with Gasteiger partial charge in [0.2, 0.25) is 5.91 Å². The second-order valence-electron chi connectivity index (χ2n) is 5.87. The van der Waals surface area contributed by atoms with Gasteiger partial charge < -0.3 is 5.32 Å². The lowest BCUT2D eigenvalue weighted by Crippen LogP contribution is -2.33. The molecule has 3 nitrogen and oxygen atoms in total. The maximum absolute atomic E-state index is 11.9. The van der Waals surface area contributed by atoms with Crippen LogP contribution in [0.2, 0.25) is 10.0 Å². The van der Waals surface area contributed by atoms with Crippen molar-refractivity contribution < 1.29 is 4.79 Å². The third kappa shape index (κ3) is 3.22. The zero-order chi connectivity index (χ0) is 17.4. The first-order chi connectivity index (χ1) is 12.1. The van der Waals surface area contributed by atoms with Gasteiger partial charge in [0.25, 0.3) is 0 Å². The van der Waals surface area contributed by atoms with Crippen molar-refractivity contribution in [2.24, 2.45) is 4.99 Å². The molecule has 2 aliphatic rings. The van der Waals surface area contributed by atoms with Crippen molar-refractivity contribution in [3.63, 3.8) is 0 Å². The fraction of sp³-hybridized carbons (Fsp3) is 0.158. The first kappa shape index (κ1) is 16.7. The quantitative estimate of drug-likeness (QED) is 0.785. The van der Waals surface area contributed by atoms with E-state index in [0.717, 1.165) is 26.8 Å². The molecule has 126 valence electrons. The Morgan fingerprint density at radius 2 is 1.76 bits per heavy atom. The summed E-state index contributed by atoms with van der Waals surface area (Å²) in [7, 11) is 0. The number of hydrogen-bond acceptors (Lipinski definition) is 3. The molecule has 2 heterocycles. The summed E-state index contributed by atoms with van der Waals surface area (Å²) in [5.41, 5.74) is 2.79. The number of carbonyl (C=O) groups excluding carboxylic acids is 1. The van der Waals surface area contributed by atoms with Gasteiger partial charge in [0.15, 0.2) is 0 Å². The van der Waals surface area contributed by atoms with E-state index in [9.17, 15) is 4.79 Å². The van der Waals surface area contributed by atoms with Gasteiger partial charge in [-0.1, -0.05) is 59.6 Å². The second-order valence-corrected chi connectivity index (χ2v) is 7.70. The predicted molar refractivity (Wildman–Crippen MR) is 104 cm³/mol. The molecule has 0 saturated carbocycles. The molecule has 0 bridgehead atoms. The molecule has 4 rings (SSSR count). The fourth-order valence-corrected chi connectivity index (χ4v) is 4.65. The van der Waals surface area contributed by atoms with Gasteiger partial charge in [0.1, 0.15) is 5.82 Å². The lowest BCUT2D eigenvalue weighted by Gasteiger charge is -2.31. The van der Waals surface area contributed by atoms with E-state index in [-0.39, 0.29) is 11.8 Å². The normalized spacial score (nSPS) is 20.0. The SMILES string of the molecule is O=C1CSC2=C(N=C(c3ccccc3Cl)CC2c2ccccc2Cl)N1. The minimum Gasteiger partial charge on any atom is -0.309 e. The predicted octanol–water partition coefficient (Wildman–Crippen LogP) is 5.00. The molecular weight excluding hydrogens is 375 g/mol. The molecule has 0 aromatic heterocycles. The minimum atomic E-state index is -0.0363. The number of allylic oxidation sites excluding steroid dienone is 1. The first-order valence-electron chi connectivity index (χ1n) is 7.87. The molecule has 0 radical (unpaired) electrons. The van der Waals surface area contributed by atoms with Crippen LogP contribution in [0, 0.1) is 0 Å². The molecule has 1 N–H and O–H groups in total. The number of benzene rings is 2. The van der Waals surface area contributed by atoms with E-state index in [1.807, 2.05) is 48.5 Å². The Labute approximate surface area is 160 Å². The number of aliphatic imine (C=N–C) groups is 1. The van der Waals surface area contributed by atoms with E-state index in [1.165, 1.54) is 11.8 Å². The van der Waals surface area contributed by atoms with Crippen molar-refractivity contribution in [3.05, 3.63) is 80.4 Å². The van der Waals surface area contributed by atoms with Crippen LogP contribution in [0.15, 0.2) is 64.2 Å². The van der Waals surface area contributed by atoms with Gasteiger partial charge in [0, 0.05) is 32.9 Å². The highest BCUT2D eigenvalue weighted by Crippen LogP contribution is 2.45. The van der Waals surface area contributed by atoms with Crippen LogP contribution < -0.4 is 5.32 Å². The first-order valence-corrected chi connectivity index (χ1v) is 9.61. The highest BCUT2D eigenvalue weighted by molar-refractivity contribution is 8.03. The molecule has 1 atom stereocenters. The number of hydrogen-bond donors (Lipinski definition) is 1. The number of carbonyl (C=O) groups is 1. The van der Waals surface area contributed by atoms with Crippen molar-refractivity contribution in [3.8, 4) is 0 Å². The summed E-state index contributed by atoms with van der Waals surface area (Å²) in [5.74, 6) is 1.03. The maximum Gasteiger partial charge on any atom is 0.235 e. The summed E-state index contributed by atoms with van der Waals surface area (Å²) in [5, 5.41) is 4.27. The number of thioether (sulfide) groups is 1. The van der Waals surface area contributed by atoms with Gasteiger partial charge in [0.05, 0.1) is 11.5 Å². The summed E-state index contributed by atoms with van der Waals surface area (Å²) in [4.78, 5) is 17.6. The number of rotatable bonds is 2. The second kappa shape index (κ2) is 6.87. The van der Waals surface area contributed by atoms with Crippen molar-refractivity contribution in [1.82, 2.24) is 5.32 Å². The Bertz CT molecular complexity index is 923. The number of halogens is 2. The van der Waals surface area contributed by atoms with E-state index in [0.29, 0.717) is 23.0 Å².